The first-order chi connectivity index (χ1) is 34.1. The summed E-state index contributed by atoms with van der Waals surface area (Å²) in [6.07, 6.45) is -0.156. The van der Waals surface area contributed by atoms with Gasteiger partial charge in [-0.15, -0.1) is 0 Å². The third kappa shape index (κ3) is 17.1. The van der Waals surface area contributed by atoms with Gasteiger partial charge in [-0.2, -0.15) is 0 Å². The van der Waals surface area contributed by atoms with Crippen molar-refractivity contribution in [3.8, 4) is 0 Å². The second-order valence-corrected chi connectivity index (χ2v) is 20.0. The van der Waals surface area contributed by atoms with Gasteiger partial charge in [0.25, 0.3) is 0 Å². The van der Waals surface area contributed by atoms with Crippen molar-refractivity contribution >= 4 is 73.8 Å². The molecular weight excluding hydrogens is 959 g/mol. The lowest BCUT2D eigenvalue weighted by Crippen LogP contribution is -2.62. The number of carbonyl (C=O) groups is 7. The van der Waals surface area contributed by atoms with E-state index >= 15 is 0 Å². The molecule has 1 aromatic heterocycles. The molecule has 5 rings (SSSR count). The average Bonchev–Trinajstić information content (AvgIpc) is 3.76. The Morgan fingerprint density at radius 3 is 1.96 bits per heavy atom. The molecule has 10 unspecified atom stereocenters. The standard InChI is InChI=1S/C49H66N10O10S2/c1-28(61)39(25-60)56-48(68)41-27-71-70-26-40(57-43(63)34(51)21-30-13-5-3-6-14-30)47(67)54-37(22-31-15-7-4-8-16-31)45(65)55-38(23-32-24-52-35-18-10-9-17-33(32)35)46(66)53-36(19-11-12-20-50)44(64)59-42(29(2)62)49(69)58-41/h3-10,13-18,24,28-29,34,36-42,52,60-62H,11-12,19-23,25-27,50-51H2,1-2H3,(H,53,66)(H,54,67)(H,55,65)(H,56,68)(H,57,63)(H,58,69)(H,59,64)/i11+1,12+1,19+1,20+1,36+1,44+1. The molecule has 1 aliphatic rings. The van der Waals surface area contributed by atoms with E-state index in [0.717, 1.165) is 38.1 Å². The first-order valence-electron chi connectivity index (χ1n) is 23.5. The molecule has 7 amide bonds. The first-order valence-corrected chi connectivity index (χ1v) is 26.0. The summed E-state index contributed by atoms with van der Waals surface area (Å²) in [5.41, 5.74) is 15.0. The van der Waals surface area contributed by atoms with Crippen molar-refractivity contribution in [2.24, 2.45) is 11.5 Å². The molecule has 2 heterocycles. The topological polar surface area (TPSA) is 332 Å². The number of hydrogen-bond donors (Lipinski definition) is 13. The highest BCUT2D eigenvalue weighted by atomic mass is 33.1. The number of unbranched alkanes of at least 4 members (excludes halogenated alkanes) is 1. The fourth-order valence-electron chi connectivity index (χ4n) is 7.73. The van der Waals surface area contributed by atoms with Crippen LogP contribution in [0.1, 0.15) is 49.8 Å². The number of rotatable bonds is 17. The van der Waals surface area contributed by atoms with Crippen molar-refractivity contribution in [3.63, 3.8) is 0 Å². The molecule has 0 bridgehead atoms. The Hall–Kier alpha value is -6.01. The van der Waals surface area contributed by atoms with E-state index in [1.807, 2.05) is 30.3 Å². The molecule has 0 radical (unpaired) electrons. The number of para-hydroxylation sites is 1. The number of carbonyl (C=O) groups excluding carboxylic acids is 7. The van der Waals surface area contributed by atoms with Crippen LogP contribution in [0.3, 0.4) is 0 Å². The average molecular weight is 1030 g/mol. The van der Waals surface area contributed by atoms with Crippen molar-refractivity contribution in [3.05, 3.63) is 108 Å². The van der Waals surface area contributed by atoms with Gasteiger partial charge in [0.1, 0.15) is 36.3 Å². The minimum absolute atomic E-state index is 0.0340. The zero-order valence-corrected chi connectivity index (χ0v) is 41.3. The van der Waals surface area contributed by atoms with E-state index in [9.17, 15) is 48.9 Å². The predicted octanol–water partition coefficient (Wildman–Crippen LogP) is -0.805. The molecule has 20 nitrogen and oxygen atoms in total. The summed E-state index contributed by atoms with van der Waals surface area (Å²) in [7, 11) is 2.06. The number of benzene rings is 3. The van der Waals surface area contributed by atoms with E-state index in [4.69, 9.17) is 11.5 Å². The maximum atomic E-state index is 14.7. The number of aliphatic hydroxyl groups excluding tert-OH is 3. The predicted molar refractivity (Wildman–Crippen MR) is 272 cm³/mol. The second-order valence-electron chi connectivity index (χ2n) is 17.5. The molecule has 0 saturated carbocycles. The molecule has 15 N–H and O–H groups in total. The Morgan fingerprint density at radius 2 is 1.31 bits per heavy atom. The summed E-state index contributed by atoms with van der Waals surface area (Å²) in [6, 6.07) is 14.6. The van der Waals surface area contributed by atoms with Crippen molar-refractivity contribution in [1.29, 1.82) is 0 Å². The third-order valence-corrected chi connectivity index (χ3v) is 14.3. The Kier molecular flexibility index (Phi) is 22.2. The molecule has 384 valence electrons. The Balaban J connectivity index is 1.56. The minimum Gasteiger partial charge on any atom is -0.394 e. The van der Waals surface area contributed by atoms with Crippen molar-refractivity contribution < 1.29 is 48.9 Å². The van der Waals surface area contributed by atoms with Crippen LogP contribution in [0, 0.1) is 0 Å². The number of aromatic amines is 1. The third-order valence-electron chi connectivity index (χ3n) is 11.9. The van der Waals surface area contributed by atoms with E-state index in [2.05, 4.69) is 42.2 Å². The quantitative estimate of drug-likeness (QED) is 0.0350. The zero-order chi connectivity index (χ0) is 51.5. The summed E-state index contributed by atoms with van der Waals surface area (Å²) in [4.78, 5) is 103. The van der Waals surface area contributed by atoms with Crippen LogP contribution in [0.2, 0.25) is 0 Å². The van der Waals surface area contributed by atoms with E-state index < -0.39 is 108 Å². The van der Waals surface area contributed by atoms with Gasteiger partial charge >= 0.3 is 0 Å². The summed E-state index contributed by atoms with van der Waals surface area (Å²) < 4.78 is 0. The van der Waals surface area contributed by atoms with Gasteiger partial charge in [-0.1, -0.05) is 100 Å². The number of fused-ring (bicyclic) bond motifs is 1. The lowest BCUT2D eigenvalue weighted by molar-refractivity contribution is -0.136. The lowest BCUT2D eigenvalue weighted by Gasteiger charge is -2.29. The van der Waals surface area contributed by atoms with Gasteiger partial charge in [0.2, 0.25) is 41.4 Å². The largest absolute Gasteiger partial charge is 0.394 e. The summed E-state index contributed by atoms with van der Waals surface area (Å²) in [5, 5.41) is 50.5. The number of nitrogens with one attached hydrogen (secondary N) is 8. The second kappa shape index (κ2) is 28.1. The molecule has 22 heteroatoms. The number of hydrogen-bond acceptors (Lipinski definition) is 14. The Bertz CT molecular complexity index is 2400. The molecular formula is C49H66N10O10S2. The van der Waals surface area contributed by atoms with E-state index in [1.54, 1.807) is 60.8 Å². The van der Waals surface area contributed by atoms with Crippen LogP contribution in [0.5, 0.6) is 0 Å². The monoisotopic (exact) mass is 1020 g/mol. The van der Waals surface area contributed by atoms with Gasteiger partial charge in [0, 0.05) is 41.4 Å². The summed E-state index contributed by atoms with van der Waals surface area (Å²) >= 11 is 0. The minimum atomic E-state index is -1.66. The highest BCUT2D eigenvalue weighted by Gasteiger charge is 2.36. The number of H-pyrrole nitrogens is 1. The Morgan fingerprint density at radius 1 is 0.718 bits per heavy atom. The molecule has 71 heavy (non-hydrogen) atoms. The van der Waals surface area contributed by atoms with Crippen LogP contribution in [-0.2, 0) is 52.8 Å². The van der Waals surface area contributed by atoms with E-state index in [1.165, 1.54) is 13.8 Å². The van der Waals surface area contributed by atoms with Gasteiger partial charge in [-0.25, -0.2) is 0 Å². The normalized spacial score (nSPS) is 22.8. The van der Waals surface area contributed by atoms with E-state index in [-0.39, 0.29) is 43.7 Å². The smallest absolute Gasteiger partial charge is 0.245 e. The number of nitrogens with two attached hydrogens (primary N) is 2. The molecule has 4 aromatic rings. The van der Waals surface area contributed by atoms with Crippen molar-refractivity contribution in [2.75, 3.05) is 24.7 Å². The molecule has 10 atom stereocenters. The fourth-order valence-corrected chi connectivity index (χ4v) is 10.1. The molecule has 1 aliphatic heterocycles. The summed E-state index contributed by atoms with van der Waals surface area (Å²) in [6.45, 7) is 2.23. The number of amides is 7. The van der Waals surface area contributed by atoms with Crippen LogP contribution in [0.15, 0.2) is 91.1 Å². The molecule has 1 fully saturated rings. The maximum Gasteiger partial charge on any atom is 0.245 e. The van der Waals surface area contributed by atoms with Crippen molar-refractivity contribution in [2.45, 2.75) is 113 Å². The van der Waals surface area contributed by atoms with Crippen LogP contribution in [0.4, 0.5) is 0 Å². The van der Waals surface area contributed by atoms with Gasteiger partial charge in [-0.05, 0) is 68.8 Å². The number of aromatic nitrogens is 1. The van der Waals surface area contributed by atoms with Gasteiger partial charge in [0.05, 0.1) is 30.9 Å². The molecule has 0 aliphatic carbocycles. The SMILES string of the molecule is CC(O)C(CO)NC(=O)C1CSSCC(NC(=O)C(N)Cc2ccccc2)C(=O)NC(Cc2ccccc2)C(=O)NC(Cc2c[nH]c3ccccc23)C(=O)N[13CH]([13CH2][13CH2][13CH2][13CH2]N)[13C](=O)NC(C(C)O)C(=O)N1. The van der Waals surface area contributed by atoms with Crippen LogP contribution in [0.25, 0.3) is 10.9 Å². The van der Waals surface area contributed by atoms with Crippen LogP contribution < -0.4 is 48.7 Å². The lowest BCUT2D eigenvalue weighted by atomic mass is 10.0. The summed E-state index contributed by atoms with van der Waals surface area (Å²) in [5.74, 6) is -6.01. The Labute approximate surface area is 420 Å². The molecule has 3 aromatic carbocycles. The van der Waals surface area contributed by atoms with Crippen molar-refractivity contribution in [1.82, 2.24) is 42.2 Å². The fraction of sp³-hybridized carbons (Fsp3) is 0.449. The molecule has 1 saturated heterocycles. The van der Waals surface area contributed by atoms with Gasteiger partial charge in [0.15, 0.2) is 0 Å². The highest BCUT2D eigenvalue weighted by molar-refractivity contribution is 8.76. The van der Waals surface area contributed by atoms with E-state index in [0.29, 0.717) is 24.0 Å². The molecule has 0 spiro atoms. The maximum absolute atomic E-state index is 14.7. The van der Waals surface area contributed by atoms with Gasteiger partial charge in [-0.3, -0.25) is 33.6 Å². The number of aliphatic hydroxyl groups is 3. The first kappa shape index (κ1) is 55.9. The van der Waals surface area contributed by atoms with Crippen LogP contribution >= 0.6 is 21.6 Å². The van der Waals surface area contributed by atoms with Gasteiger partial charge < -0.3 is 69.0 Å². The zero-order valence-electron chi connectivity index (χ0n) is 39.7. The van der Waals surface area contributed by atoms with Crippen LogP contribution in [-0.4, -0.2) is 147 Å². The highest BCUT2D eigenvalue weighted by Crippen LogP contribution is 2.24.